The van der Waals surface area contributed by atoms with Gasteiger partial charge in [0.1, 0.15) is 6.54 Å². The average Bonchev–Trinajstić information content (AvgIpc) is 1.97. The topological polar surface area (TPSA) is 84.2 Å². The van der Waals surface area contributed by atoms with Gasteiger partial charge in [0.2, 0.25) is 0 Å². The fraction of sp³-hybridized carbons (Fsp3) is 0.500. The molecule has 0 aromatic rings. The van der Waals surface area contributed by atoms with Crippen LogP contribution in [0.5, 0.6) is 0 Å². The minimum Gasteiger partial charge on any atom is -0.339 e. The second kappa shape index (κ2) is 3.90. The van der Waals surface area contributed by atoms with Gasteiger partial charge in [-0.15, -0.1) is 0 Å². The zero-order valence-electron chi connectivity index (χ0n) is 5.73. The number of nitrogens with one attached hydrogen (secondary N) is 2. The molecular formula is C4H6F3N3O2. The van der Waals surface area contributed by atoms with Gasteiger partial charge in [0.25, 0.3) is 0 Å². The van der Waals surface area contributed by atoms with E-state index >= 15 is 0 Å². The minimum absolute atomic E-state index is 1.32. The number of hydrazine groups is 1. The molecule has 5 nitrogen and oxygen atoms in total. The molecule has 0 aliphatic carbocycles. The summed E-state index contributed by atoms with van der Waals surface area (Å²) in [5.74, 6) is 1.73. The molecule has 0 aromatic carbocycles. The summed E-state index contributed by atoms with van der Waals surface area (Å²) in [5, 5.41) is 1.32. The van der Waals surface area contributed by atoms with E-state index in [4.69, 9.17) is 0 Å². The van der Waals surface area contributed by atoms with E-state index in [0.717, 1.165) is 0 Å². The van der Waals surface area contributed by atoms with E-state index in [1.54, 1.807) is 0 Å². The van der Waals surface area contributed by atoms with Gasteiger partial charge in [0, 0.05) is 0 Å². The van der Waals surface area contributed by atoms with Gasteiger partial charge in [0.05, 0.1) is 0 Å². The third-order valence-corrected chi connectivity index (χ3v) is 0.787. The normalized spacial score (nSPS) is 10.7. The van der Waals surface area contributed by atoms with Gasteiger partial charge in [-0.05, 0) is 0 Å². The Bertz CT molecular complexity index is 190. The Balaban J connectivity index is 3.80. The van der Waals surface area contributed by atoms with Crippen LogP contribution in [0.2, 0.25) is 0 Å². The molecule has 12 heavy (non-hydrogen) atoms. The van der Waals surface area contributed by atoms with E-state index in [1.807, 2.05) is 0 Å². The monoisotopic (exact) mass is 185 g/mol. The highest BCUT2D eigenvalue weighted by molar-refractivity contribution is 6.34. The van der Waals surface area contributed by atoms with Crippen LogP contribution in [0, 0.1) is 0 Å². The number of carbonyl (C=O) groups excluding carboxylic acids is 2. The van der Waals surface area contributed by atoms with Crippen LogP contribution >= 0.6 is 0 Å². The third-order valence-electron chi connectivity index (χ3n) is 0.787. The minimum atomic E-state index is -4.54. The van der Waals surface area contributed by atoms with Gasteiger partial charge in [-0.1, -0.05) is 0 Å². The molecule has 0 spiro atoms. The van der Waals surface area contributed by atoms with Crippen molar-refractivity contribution >= 4 is 11.8 Å². The van der Waals surface area contributed by atoms with Crippen molar-refractivity contribution in [2.75, 3.05) is 6.54 Å². The Morgan fingerprint density at radius 1 is 1.25 bits per heavy atom. The third kappa shape index (κ3) is 4.50. The number of alkyl halides is 3. The largest absolute Gasteiger partial charge is 0.405 e. The molecular weight excluding hydrogens is 179 g/mol. The molecule has 8 heteroatoms. The molecule has 4 N–H and O–H groups in total. The predicted molar refractivity (Wildman–Crippen MR) is 31.4 cm³/mol. The quantitative estimate of drug-likeness (QED) is 0.204. The Kier molecular flexibility index (Phi) is 3.48. The molecule has 0 aliphatic rings. The molecule has 0 aliphatic heterocycles. The van der Waals surface area contributed by atoms with Gasteiger partial charge < -0.3 is 5.32 Å². The first kappa shape index (κ1) is 10.7. The molecule has 0 heterocycles. The van der Waals surface area contributed by atoms with Crippen LogP contribution in [-0.2, 0) is 9.59 Å². The van der Waals surface area contributed by atoms with Crippen molar-refractivity contribution in [2.45, 2.75) is 6.18 Å². The number of carbonyl (C=O) groups is 2. The molecule has 2 amide bonds. The Morgan fingerprint density at radius 3 is 2.08 bits per heavy atom. The molecule has 0 saturated heterocycles. The zero-order chi connectivity index (χ0) is 9.78. The Morgan fingerprint density at radius 2 is 1.75 bits per heavy atom. The number of nitrogens with two attached hydrogens (primary N) is 1. The summed E-state index contributed by atoms with van der Waals surface area (Å²) in [7, 11) is 0. The summed E-state index contributed by atoms with van der Waals surface area (Å²) >= 11 is 0. The summed E-state index contributed by atoms with van der Waals surface area (Å²) < 4.78 is 34.2. The van der Waals surface area contributed by atoms with Crippen molar-refractivity contribution in [1.29, 1.82) is 0 Å². The molecule has 70 valence electrons. The van der Waals surface area contributed by atoms with Crippen LogP contribution in [0.4, 0.5) is 13.2 Å². The first-order valence-corrected chi connectivity index (χ1v) is 2.72. The SMILES string of the molecule is NNC(=O)C(=O)NCC(F)(F)F. The first-order chi connectivity index (χ1) is 5.37. The summed E-state index contributed by atoms with van der Waals surface area (Å²) in [5.41, 5.74) is 1.38. The Hall–Kier alpha value is -1.31. The van der Waals surface area contributed by atoms with Crippen molar-refractivity contribution in [3.63, 3.8) is 0 Å². The highest BCUT2D eigenvalue weighted by atomic mass is 19.4. The van der Waals surface area contributed by atoms with E-state index in [1.165, 1.54) is 10.7 Å². The lowest BCUT2D eigenvalue weighted by Crippen LogP contribution is -2.45. The summed E-state index contributed by atoms with van der Waals surface area (Å²) in [6.45, 7) is -1.56. The molecule has 0 bridgehead atoms. The highest BCUT2D eigenvalue weighted by Gasteiger charge is 2.28. The number of halogens is 3. The van der Waals surface area contributed by atoms with E-state index in [9.17, 15) is 22.8 Å². The van der Waals surface area contributed by atoms with Gasteiger partial charge in [-0.3, -0.25) is 15.0 Å². The average molecular weight is 185 g/mol. The number of hydrogen-bond donors (Lipinski definition) is 3. The number of rotatable bonds is 1. The van der Waals surface area contributed by atoms with Gasteiger partial charge >= 0.3 is 18.0 Å². The molecule has 0 rings (SSSR count). The van der Waals surface area contributed by atoms with Crippen LogP contribution in [0.15, 0.2) is 0 Å². The zero-order valence-corrected chi connectivity index (χ0v) is 5.73. The van der Waals surface area contributed by atoms with Crippen molar-refractivity contribution in [3.05, 3.63) is 0 Å². The van der Waals surface area contributed by atoms with Crippen LogP contribution in [0.25, 0.3) is 0 Å². The maximum absolute atomic E-state index is 11.4. The standard InChI is InChI=1S/C4H6F3N3O2/c5-4(6,7)1-9-2(11)3(12)10-8/h1,8H2,(H,9,11)(H,10,12). The van der Waals surface area contributed by atoms with E-state index < -0.39 is 24.5 Å². The maximum Gasteiger partial charge on any atom is 0.405 e. The lowest BCUT2D eigenvalue weighted by atomic mass is 10.5. The lowest BCUT2D eigenvalue weighted by molar-refractivity contribution is -0.146. The smallest absolute Gasteiger partial charge is 0.339 e. The molecule has 0 fully saturated rings. The second-order valence-electron chi connectivity index (χ2n) is 1.77. The lowest BCUT2D eigenvalue weighted by Gasteiger charge is -2.06. The fourth-order valence-electron chi connectivity index (χ4n) is 0.326. The van der Waals surface area contributed by atoms with Crippen LogP contribution in [-0.4, -0.2) is 24.5 Å². The Labute approximate surface area is 65.1 Å². The summed E-state index contributed by atoms with van der Waals surface area (Å²) in [6, 6.07) is 0. The summed E-state index contributed by atoms with van der Waals surface area (Å²) in [4.78, 5) is 20.5. The number of amides is 2. The molecule has 0 aromatic heterocycles. The molecule has 0 radical (unpaired) electrons. The fourth-order valence-corrected chi connectivity index (χ4v) is 0.326. The molecule has 0 atom stereocenters. The predicted octanol–water partition coefficient (Wildman–Crippen LogP) is -1.35. The van der Waals surface area contributed by atoms with Crippen molar-refractivity contribution in [2.24, 2.45) is 5.84 Å². The second-order valence-corrected chi connectivity index (χ2v) is 1.77. The van der Waals surface area contributed by atoms with Gasteiger partial charge in [-0.25, -0.2) is 5.84 Å². The van der Waals surface area contributed by atoms with Crippen LogP contribution in [0.1, 0.15) is 0 Å². The maximum atomic E-state index is 11.4. The van der Waals surface area contributed by atoms with Gasteiger partial charge in [0.15, 0.2) is 0 Å². The molecule has 0 saturated carbocycles. The van der Waals surface area contributed by atoms with Crippen LogP contribution in [0.3, 0.4) is 0 Å². The van der Waals surface area contributed by atoms with E-state index in [2.05, 4.69) is 5.84 Å². The summed E-state index contributed by atoms with van der Waals surface area (Å²) in [6.07, 6.45) is -4.54. The molecule has 0 unspecified atom stereocenters. The van der Waals surface area contributed by atoms with E-state index in [-0.39, 0.29) is 0 Å². The van der Waals surface area contributed by atoms with Crippen LogP contribution < -0.4 is 16.6 Å². The number of hydrogen-bond acceptors (Lipinski definition) is 3. The highest BCUT2D eigenvalue weighted by Crippen LogP contribution is 2.11. The van der Waals surface area contributed by atoms with E-state index in [0.29, 0.717) is 0 Å². The van der Waals surface area contributed by atoms with Gasteiger partial charge in [-0.2, -0.15) is 13.2 Å². The van der Waals surface area contributed by atoms with Crippen molar-refractivity contribution in [3.8, 4) is 0 Å². The van der Waals surface area contributed by atoms with Crippen molar-refractivity contribution in [1.82, 2.24) is 10.7 Å². The van der Waals surface area contributed by atoms with Crippen molar-refractivity contribution < 1.29 is 22.8 Å². The first-order valence-electron chi connectivity index (χ1n) is 2.72.